The zero-order chi connectivity index (χ0) is 50.0. The SMILES string of the molecule is CCCCC/C=C\C/C=C\CCCCCCCCCCCC(=O)OC[C@@H](COC(=O)CCCCCCC/C=C\CCCCCC)OC(=O)CCCCCCCCCCCCCCCCCCCCC. The maximum Gasteiger partial charge on any atom is 0.306 e. The predicted molar refractivity (Wildman–Crippen MR) is 298 cm³/mol. The van der Waals surface area contributed by atoms with E-state index in [4.69, 9.17) is 14.2 Å². The fourth-order valence-corrected chi connectivity index (χ4v) is 9.00. The van der Waals surface area contributed by atoms with E-state index in [0.717, 1.165) is 70.6 Å². The molecule has 0 amide bonds. The number of hydrogen-bond acceptors (Lipinski definition) is 6. The van der Waals surface area contributed by atoms with Gasteiger partial charge in [0, 0.05) is 19.3 Å². The first kappa shape index (κ1) is 66.6. The summed E-state index contributed by atoms with van der Waals surface area (Å²) in [7, 11) is 0. The van der Waals surface area contributed by atoms with Crippen LogP contribution in [0.25, 0.3) is 0 Å². The molecule has 1 atom stereocenters. The molecule has 0 aliphatic heterocycles. The van der Waals surface area contributed by atoms with E-state index < -0.39 is 6.10 Å². The van der Waals surface area contributed by atoms with Crippen molar-refractivity contribution in [1.29, 1.82) is 0 Å². The Kier molecular flexibility index (Phi) is 56.2. The van der Waals surface area contributed by atoms with E-state index in [1.807, 2.05) is 0 Å². The summed E-state index contributed by atoms with van der Waals surface area (Å²) in [5, 5.41) is 0. The van der Waals surface area contributed by atoms with Crippen LogP contribution in [0, 0.1) is 0 Å². The van der Waals surface area contributed by atoms with Crippen LogP contribution < -0.4 is 0 Å². The van der Waals surface area contributed by atoms with Crippen LogP contribution in [0.2, 0.25) is 0 Å². The van der Waals surface area contributed by atoms with Gasteiger partial charge in [0.1, 0.15) is 13.2 Å². The lowest BCUT2D eigenvalue weighted by atomic mass is 10.0. The van der Waals surface area contributed by atoms with Gasteiger partial charge in [0.25, 0.3) is 0 Å². The van der Waals surface area contributed by atoms with Gasteiger partial charge in [0.15, 0.2) is 6.10 Å². The molecule has 0 aliphatic carbocycles. The minimum absolute atomic E-state index is 0.0732. The van der Waals surface area contributed by atoms with Crippen LogP contribution >= 0.6 is 0 Å². The van der Waals surface area contributed by atoms with Gasteiger partial charge in [-0.05, 0) is 77.0 Å². The molecule has 0 aliphatic rings. The largest absolute Gasteiger partial charge is 0.462 e. The van der Waals surface area contributed by atoms with Crippen molar-refractivity contribution in [2.24, 2.45) is 0 Å². The molecule has 0 aromatic carbocycles. The Morgan fingerprint density at radius 1 is 0.290 bits per heavy atom. The minimum Gasteiger partial charge on any atom is -0.462 e. The summed E-state index contributed by atoms with van der Waals surface area (Å²) in [5.41, 5.74) is 0. The summed E-state index contributed by atoms with van der Waals surface area (Å²) < 4.78 is 16.9. The molecule has 0 rings (SSSR count). The van der Waals surface area contributed by atoms with Crippen molar-refractivity contribution in [3.63, 3.8) is 0 Å². The van der Waals surface area contributed by atoms with Crippen molar-refractivity contribution in [3.8, 4) is 0 Å². The molecule has 0 N–H and O–H groups in total. The molecular formula is C63H116O6. The summed E-state index contributed by atoms with van der Waals surface area (Å²) >= 11 is 0. The summed E-state index contributed by atoms with van der Waals surface area (Å²) in [4.78, 5) is 38.2. The smallest absolute Gasteiger partial charge is 0.306 e. The van der Waals surface area contributed by atoms with Gasteiger partial charge in [0.05, 0.1) is 0 Å². The van der Waals surface area contributed by atoms with Gasteiger partial charge < -0.3 is 14.2 Å². The van der Waals surface area contributed by atoms with Gasteiger partial charge in [-0.25, -0.2) is 0 Å². The Morgan fingerprint density at radius 3 is 0.855 bits per heavy atom. The first-order chi connectivity index (χ1) is 34.0. The molecule has 6 nitrogen and oxygen atoms in total. The highest BCUT2D eigenvalue weighted by Crippen LogP contribution is 2.17. The van der Waals surface area contributed by atoms with Gasteiger partial charge in [-0.3, -0.25) is 14.4 Å². The lowest BCUT2D eigenvalue weighted by Crippen LogP contribution is -2.30. The van der Waals surface area contributed by atoms with E-state index in [1.54, 1.807) is 0 Å². The van der Waals surface area contributed by atoms with E-state index >= 15 is 0 Å². The van der Waals surface area contributed by atoms with Crippen molar-refractivity contribution in [3.05, 3.63) is 36.5 Å². The molecule has 0 radical (unpaired) electrons. The van der Waals surface area contributed by atoms with Crippen LogP contribution in [0.15, 0.2) is 36.5 Å². The van der Waals surface area contributed by atoms with Gasteiger partial charge in [-0.1, -0.05) is 269 Å². The van der Waals surface area contributed by atoms with Crippen molar-refractivity contribution in [2.75, 3.05) is 13.2 Å². The number of rotatable bonds is 56. The molecule has 0 aromatic rings. The van der Waals surface area contributed by atoms with Gasteiger partial charge in [0.2, 0.25) is 0 Å². The summed E-state index contributed by atoms with van der Waals surface area (Å²) in [6, 6.07) is 0. The normalized spacial score (nSPS) is 12.2. The lowest BCUT2D eigenvalue weighted by Gasteiger charge is -2.18. The maximum absolute atomic E-state index is 12.9. The molecule has 0 saturated carbocycles. The number of ether oxygens (including phenoxy) is 3. The van der Waals surface area contributed by atoms with E-state index in [9.17, 15) is 14.4 Å². The van der Waals surface area contributed by atoms with Crippen LogP contribution in [-0.4, -0.2) is 37.2 Å². The minimum atomic E-state index is -0.774. The van der Waals surface area contributed by atoms with Gasteiger partial charge in [-0.15, -0.1) is 0 Å². The zero-order valence-electron chi connectivity index (χ0n) is 46.3. The van der Waals surface area contributed by atoms with Crippen molar-refractivity contribution >= 4 is 17.9 Å². The number of hydrogen-bond donors (Lipinski definition) is 0. The van der Waals surface area contributed by atoms with E-state index in [1.165, 1.54) is 218 Å². The molecule has 69 heavy (non-hydrogen) atoms. The van der Waals surface area contributed by atoms with Crippen molar-refractivity contribution in [1.82, 2.24) is 0 Å². The van der Waals surface area contributed by atoms with Gasteiger partial charge >= 0.3 is 17.9 Å². The highest BCUT2D eigenvalue weighted by Gasteiger charge is 2.19. The first-order valence-electron chi connectivity index (χ1n) is 30.5. The molecule has 0 bridgehead atoms. The average molecular weight is 970 g/mol. The number of esters is 3. The highest BCUT2D eigenvalue weighted by molar-refractivity contribution is 5.71. The van der Waals surface area contributed by atoms with Crippen LogP contribution in [0.1, 0.15) is 329 Å². The van der Waals surface area contributed by atoms with Crippen LogP contribution in [-0.2, 0) is 28.6 Å². The molecule has 0 aromatic heterocycles. The van der Waals surface area contributed by atoms with Crippen LogP contribution in [0.5, 0.6) is 0 Å². The quantitative estimate of drug-likeness (QED) is 0.0261. The monoisotopic (exact) mass is 969 g/mol. The molecule has 0 spiro atoms. The molecule has 0 saturated heterocycles. The van der Waals surface area contributed by atoms with Gasteiger partial charge in [-0.2, -0.15) is 0 Å². The third-order valence-corrected chi connectivity index (χ3v) is 13.6. The number of allylic oxidation sites excluding steroid dienone is 6. The summed E-state index contributed by atoms with van der Waals surface area (Å²) in [5.74, 6) is -0.865. The zero-order valence-corrected chi connectivity index (χ0v) is 46.3. The standard InChI is InChI=1S/C63H116O6/c1-4-7-10-13-16-19-22-25-27-29-31-33-35-38-41-44-47-50-53-56-62(65)68-59-60(58-67-61(64)55-52-49-46-43-40-37-24-21-18-15-12-9-6-3)69-63(66)57-54-51-48-45-42-39-36-34-32-30-28-26-23-20-17-14-11-8-5-2/h16,19,21,24-25,27,60H,4-15,17-18,20,22-23,26,28-59H2,1-3H3/b19-16-,24-21-,27-25-/t60-/m1/s1. The maximum atomic E-state index is 12.9. The molecule has 0 unspecified atom stereocenters. The topological polar surface area (TPSA) is 78.9 Å². The van der Waals surface area contributed by atoms with Crippen molar-refractivity contribution < 1.29 is 28.6 Å². The van der Waals surface area contributed by atoms with E-state index in [0.29, 0.717) is 19.3 Å². The second-order valence-corrected chi connectivity index (χ2v) is 20.6. The second-order valence-electron chi connectivity index (χ2n) is 20.6. The van der Waals surface area contributed by atoms with E-state index in [2.05, 4.69) is 57.2 Å². The lowest BCUT2D eigenvalue weighted by molar-refractivity contribution is -0.167. The third-order valence-electron chi connectivity index (χ3n) is 13.6. The first-order valence-corrected chi connectivity index (χ1v) is 30.5. The second kappa shape index (κ2) is 58.2. The highest BCUT2D eigenvalue weighted by atomic mass is 16.6. The average Bonchev–Trinajstić information content (AvgIpc) is 3.35. The Morgan fingerprint density at radius 2 is 0.522 bits per heavy atom. The molecule has 0 heterocycles. The predicted octanol–water partition coefficient (Wildman–Crippen LogP) is 20.4. The Balaban J connectivity index is 4.32. The molecule has 6 heteroatoms. The van der Waals surface area contributed by atoms with Crippen LogP contribution in [0.3, 0.4) is 0 Å². The van der Waals surface area contributed by atoms with Crippen molar-refractivity contribution in [2.45, 2.75) is 335 Å². The fourth-order valence-electron chi connectivity index (χ4n) is 9.00. The molecule has 0 fully saturated rings. The number of carbonyl (C=O) groups is 3. The number of unbranched alkanes of at least 4 members (excludes halogenated alkanes) is 39. The van der Waals surface area contributed by atoms with Crippen LogP contribution in [0.4, 0.5) is 0 Å². The number of carbonyl (C=O) groups excluding carboxylic acids is 3. The molecule has 404 valence electrons. The summed E-state index contributed by atoms with van der Waals surface area (Å²) in [6.45, 7) is 6.64. The fraction of sp³-hybridized carbons (Fsp3) is 0.857. The summed E-state index contributed by atoms with van der Waals surface area (Å²) in [6.07, 6.45) is 69.9. The Labute approximate surface area is 429 Å². The third kappa shape index (κ3) is 56.4. The van der Waals surface area contributed by atoms with E-state index in [-0.39, 0.29) is 31.1 Å². The Bertz CT molecular complexity index is 1160. The Hall–Kier alpha value is -2.37. The molecular weight excluding hydrogens is 853 g/mol.